The summed E-state index contributed by atoms with van der Waals surface area (Å²) in [6.07, 6.45) is 2.17. The summed E-state index contributed by atoms with van der Waals surface area (Å²) in [5, 5.41) is 0.945. The topological polar surface area (TPSA) is 77.8 Å². The summed E-state index contributed by atoms with van der Waals surface area (Å²) in [6, 6.07) is 5.42. The van der Waals surface area contributed by atoms with Crippen LogP contribution >= 0.6 is 23.2 Å². The highest BCUT2D eigenvalue weighted by atomic mass is 35.5. The normalized spacial score (nSPS) is 14.6. The van der Waals surface area contributed by atoms with Crippen molar-refractivity contribution in [3.8, 4) is 11.3 Å². The smallest absolute Gasteiger partial charge is 0.222 e. The Morgan fingerprint density at radius 2 is 1.84 bits per heavy atom. The Kier molecular flexibility index (Phi) is 2.99. The quantitative estimate of drug-likeness (QED) is 0.889. The van der Waals surface area contributed by atoms with Crippen LogP contribution in [0.25, 0.3) is 11.3 Å². The second-order valence-electron chi connectivity index (χ2n) is 4.60. The van der Waals surface area contributed by atoms with Gasteiger partial charge in [-0.05, 0) is 24.8 Å². The number of rotatable bonds is 2. The van der Waals surface area contributed by atoms with Crippen LogP contribution in [0, 0.1) is 0 Å². The van der Waals surface area contributed by atoms with E-state index in [2.05, 4.69) is 9.97 Å². The molecule has 0 saturated heterocycles. The van der Waals surface area contributed by atoms with Gasteiger partial charge in [0.25, 0.3) is 0 Å². The Balaban J connectivity index is 2.26. The summed E-state index contributed by atoms with van der Waals surface area (Å²) >= 11 is 12.3. The van der Waals surface area contributed by atoms with E-state index in [1.807, 2.05) is 12.1 Å². The molecular formula is C13H12Cl2N4. The largest absolute Gasteiger partial charge is 0.383 e. The molecule has 19 heavy (non-hydrogen) atoms. The number of halogens is 2. The van der Waals surface area contributed by atoms with E-state index in [0.29, 0.717) is 27.5 Å². The van der Waals surface area contributed by atoms with E-state index < -0.39 is 0 Å². The molecule has 6 heteroatoms. The van der Waals surface area contributed by atoms with Crippen molar-refractivity contribution in [3.63, 3.8) is 0 Å². The zero-order valence-corrected chi connectivity index (χ0v) is 11.5. The van der Waals surface area contributed by atoms with Crippen LogP contribution in [0.2, 0.25) is 10.0 Å². The van der Waals surface area contributed by atoms with Gasteiger partial charge in [-0.3, -0.25) is 0 Å². The van der Waals surface area contributed by atoms with Crippen molar-refractivity contribution in [3.05, 3.63) is 33.8 Å². The van der Waals surface area contributed by atoms with E-state index in [9.17, 15) is 0 Å². The van der Waals surface area contributed by atoms with E-state index >= 15 is 0 Å². The molecule has 0 spiro atoms. The van der Waals surface area contributed by atoms with Gasteiger partial charge in [0, 0.05) is 11.1 Å². The third kappa shape index (κ3) is 2.22. The molecule has 2 aromatic rings. The lowest BCUT2D eigenvalue weighted by atomic mass is 10.0. The van der Waals surface area contributed by atoms with Crippen LogP contribution < -0.4 is 11.5 Å². The zero-order chi connectivity index (χ0) is 13.6. The zero-order valence-electron chi connectivity index (χ0n) is 10.0. The number of nitrogens with two attached hydrogens (primary N) is 2. The van der Waals surface area contributed by atoms with Gasteiger partial charge in [-0.15, -0.1) is 0 Å². The van der Waals surface area contributed by atoms with Gasteiger partial charge in [0.1, 0.15) is 5.82 Å². The van der Waals surface area contributed by atoms with Crippen LogP contribution in [0.5, 0.6) is 0 Å². The Morgan fingerprint density at radius 3 is 2.53 bits per heavy atom. The highest BCUT2D eigenvalue weighted by molar-refractivity contribution is 6.43. The first-order chi connectivity index (χ1) is 9.08. The van der Waals surface area contributed by atoms with Crippen LogP contribution in [0.1, 0.15) is 24.3 Å². The first-order valence-electron chi connectivity index (χ1n) is 5.95. The van der Waals surface area contributed by atoms with E-state index in [-0.39, 0.29) is 5.95 Å². The first kappa shape index (κ1) is 12.5. The van der Waals surface area contributed by atoms with Gasteiger partial charge >= 0.3 is 0 Å². The van der Waals surface area contributed by atoms with Gasteiger partial charge in [0.15, 0.2) is 0 Å². The minimum absolute atomic E-state index is 0.146. The van der Waals surface area contributed by atoms with Crippen molar-refractivity contribution >= 4 is 35.0 Å². The molecule has 0 radical (unpaired) electrons. The van der Waals surface area contributed by atoms with E-state index in [1.165, 1.54) is 0 Å². The number of anilines is 2. The van der Waals surface area contributed by atoms with E-state index in [0.717, 1.165) is 24.0 Å². The molecule has 3 rings (SSSR count). The van der Waals surface area contributed by atoms with Crippen molar-refractivity contribution in [1.29, 1.82) is 0 Å². The molecule has 1 aliphatic carbocycles. The third-order valence-electron chi connectivity index (χ3n) is 3.18. The molecule has 0 aliphatic heterocycles. The Bertz CT molecular complexity index is 653. The summed E-state index contributed by atoms with van der Waals surface area (Å²) < 4.78 is 0. The van der Waals surface area contributed by atoms with Crippen LogP contribution in [-0.4, -0.2) is 9.97 Å². The molecule has 1 aliphatic rings. The second kappa shape index (κ2) is 4.54. The van der Waals surface area contributed by atoms with Gasteiger partial charge in [-0.1, -0.05) is 35.3 Å². The molecule has 4 nitrogen and oxygen atoms in total. The third-order valence-corrected chi connectivity index (χ3v) is 4.00. The van der Waals surface area contributed by atoms with Crippen LogP contribution in [-0.2, 0) is 0 Å². The van der Waals surface area contributed by atoms with Crippen molar-refractivity contribution in [1.82, 2.24) is 9.97 Å². The molecule has 0 atom stereocenters. The first-order valence-corrected chi connectivity index (χ1v) is 6.70. The number of nitrogen functional groups attached to an aromatic ring is 2. The molecule has 1 saturated carbocycles. The molecule has 0 bridgehead atoms. The molecule has 98 valence electrons. The summed E-state index contributed by atoms with van der Waals surface area (Å²) in [6.45, 7) is 0. The van der Waals surface area contributed by atoms with Crippen LogP contribution in [0.15, 0.2) is 18.2 Å². The molecule has 1 aromatic heterocycles. The molecule has 4 N–H and O–H groups in total. The Labute approximate surface area is 120 Å². The molecule has 0 amide bonds. The fourth-order valence-electron chi connectivity index (χ4n) is 2.17. The molecule has 1 aromatic carbocycles. The maximum absolute atomic E-state index is 6.26. The summed E-state index contributed by atoms with van der Waals surface area (Å²) in [7, 11) is 0. The van der Waals surface area contributed by atoms with Crippen molar-refractivity contribution in [2.24, 2.45) is 0 Å². The number of benzene rings is 1. The maximum atomic E-state index is 6.26. The number of hydrogen-bond acceptors (Lipinski definition) is 4. The van der Waals surface area contributed by atoms with Crippen molar-refractivity contribution in [2.45, 2.75) is 18.8 Å². The number of nitrogens with zero attached hydrogens (tertiary/aromatic N) is 2. The van der Waals surface area contributed by atoms with E-state index in [1.54, 1.807) is 6.07 Å². The lowest BCUT2D eigenvalue weighted by Gasteiger charge is -2.13. The fourth-order valence-corrected chi connectivity index (χ4v) is 2.56. The molecular weight excluding hydrogens is 283 g/mol. The Hall–Kier alpha value is -1.52. The molecule has 1 fully saturated rings. The standard InChI is InChI=1S/C13H12Cl2N4/c14-8-3-1-2-7(10(8)15)11-9(6-4-5-6)12(16)19-13(17)18-11/h1-3,6H,4-5H2,(H4,16,17,18,19). The van der Waals surface area contributed by atoms with Gasteiger partial charge in [0.05, 0.1) is 15.7 Å². The summed E-state index contributed by atoms with van der Waals surface area (Å²) in [4.78, 5) is 8.35. The number of aromatic nitrogens is 2. The SMILES string of the molecule is Nc1nc(N)c(C2CC2)c(-c2cccc(Cl)c2Cl)n1. The average Bonchev–Trinajstić information content (AvgIpc) is 3.16. The van der Waals surface area contributed by atoms with Gasteiger partial charge in [-0.2, -0.15) is 4.98 Å². The lowest BCUT2D eigenvalue weighted by molar-refractivity contribution is 1.06. The highest BCUT2D eigenvalue weighted by Gasteiger charge is 2.31. The fraction of sp³-hybridized carbons (Fsp3) is 0.231. The predicted molar refractivity (Wildman–Crippen MR) is 78.3 cm³/mol. The summed E-state index contributed by atoms with van der Waals surface area (Å²) in [5.74, 6) is 0.972. The lowest BCUT2D eigenvalue weighted by Crippen LogP contribution is -2.06. The number of hydrogen-bond donors (Lipinski definition) is 2. The Morgan fingerprint density at radius 1 is 1.11 bits per heavy atom. The summed E-state index contributed by atoms with van der Waals surface area (Å²) in [5.41, 5.74) is 14.0. The van der Waals surface area contributed by atoms with Crippen molar-refractivity contribution in [2.75, 3.05) is 11.5 Å². The maximum Gasteiger partial charge on any atom is 0.222 e. The van der Waals surface area contributed by atoms with Crippen LogP contribution in [0.4, 0.5) is 11.8 Å². The van der Waals surface area contributed by atoms with Crippen molar-refractivity contribution < 1.29 is 0 Å². The van der Waals surface area contributed by atoms with Gasteiger partial charge in [0.2, 0.25) is 5.95 Å². The molecule has 0 unspecified atom stereocenters. The molecule has 1 heterocycles. The van der Waals surface area contributed by atoms with Crippen LogP contribution in [0.3, 0.4) is 0 Å². The monoisotopic (exact) mass is 294 g/mol. The van der Waals surface area contributed by atoms with Gasteiger partial charge < -0.3 is 11.5 Å². The minimum Gasteiger partial charge on any atom is -0.383 e. The predicted octanol–water partition coefficient (Wildman–Crippen LogP) is 3.49. The highest BCUT2D eigenvalue weighted by Crippen LogP contribution is 2.47. The average molecular weight is 295 g/mol. The van der Waals surface area contributed by atoms with E-state index in [4.69, 9.17) is 34.7 Å². The van der Waals surface area contributed by atoms with Gasteiger partial charge in [-0.25, -0.2) is 4.98 Å². The second-order valence-corrected chi connectivity index (χ2v) is 5.39. The minimum atomic E-state index is 0.146.